The lowest BCUT2D eigenvalue weighted by atomic mass is 10.2. The van der Waals surface area contributed by atoms with Gasteiger partial charge in [0.1, 0.15) is 6.10 Å². The minimum absolute atomic E-state index is 0.247. The Hall–Kier alpha value is 0.700. The zero-order valence-corrected chi connectivity index (χ0v) is 13.0. The molecule has 2 aliphatic rings. The smallest absolute Gasteiger partial charge is 0.163 e. The van der Waals surface area contributed by atoms with Crippen molar-refractivity contribution in [2.75, 3.05) is 0 Å². The van der Waals surface area contributed by atoms with Crippen LogP contribution in [0.5, 0.6) is 0 Å². The molecule has 1 N–H and O–H groups in total. The highest BCUT2D eigenvalue weighted by atomic mass is 127. The SMILES string of the molecule is C=CC.CC1(C)OC2CCC(NSI)C2O1. The summed E-state index contributed by atoms with van der Waals surface area (Å²) in [4.78, 5) is 0. The fourth-order valence-electron chi connectivity index (χ4n) is 2.12. The second-order valence-electron chi connectivity index (χ2n) is 4.43. The molecule has 1 heterocycles. The first kappa shape index (κ1) is 14.8. The molecule has 1 aliphatic carbocycles. The van der Waals surface area contributed by atoms with Gasteiger partial charge in [-0.15, -0.1) is 6.58 Å². The second-order valence-corrected chi connectivity index (χ2v) is 6.14. The van der Waals surface area contributed by atoms with Gasteiger partial charge in [-0.25, -0.2) is 4.72 Å². The zero-order chi connectivity index (χ0) is 12.2. The molecule has 0 amide bonds. The maximum Gasteiger partial charge on any atom is 0.163 e. The summed E-state index contributed by atoms with van der Waals surface area (Å²) in [5, 5.41) is 0. The molecule has 0 aromatic heterocycles. The van der Waals surface area contributed by atoms with E-state index in [0.717, 1.165) is 12.8 Å². The minimum Gasteiger partial charge on any atom is -0.345 e. The van der Waals surface area contributed by atoms with E-state index < -0.39 is 0 Å². The van der Waals surface area contributed by atoms with Crippen LogP contribution in [0.15, 0.2) is 12.7 Å². The van der Waals surface area contributed by atoms with E-state index in [4.69, 9.17) is 9.47 Å². The van der Waals surface area contributed by atoms with E-state index in [1.165, 1.54) is 0 Å². The molecule has 1 aliphatic heterocycles. The Morgan fingerprint density at radius 3 is 2.62 bits per heavy atom. The lowest BCUT2D eigenvalue weighted by Crippen LogP contribution is -2.35. The van der Waals surface area contributed by atoms with Crippen LogP contribution in [0.25, 0.3) is 0 Å². The van der Waals surface area contributed by atoms with Gasteiger partial charge in [0, 0.05) is 27.2 Å². The molecule has 3 nitrogen and oxygen atoms in total. The molecule has 3 atom stereocenters. The van der Waals surface area contributed by atoms with Gasteiger partial charge in [-0.1, -0.05) is 6.08 Å². The van der Waals surface area contributed by atoms with Crippen LogP contribution >= 0.6 is 30.3 Å². The van der Waals surface area contributed by atoms with Crippen molar-refractivity contribution in [3.8, 4) is 0 Å². The molecule has 1 saturated heterocycles. The molecule has 0 spiro atoms. The van der Waals surface area contributed by atoms with E-state index in [1.54, 1.807) is 15.2 Å². The highest BCUT2D eigenvalue weighted by Gasteiger charge is 2.48. The summed E-state index contributed by atoms with van der Waals surface area (Å²) in [6, 6.07) is 0.452. The molecular formula is C11H20INO2S. The van der Waals surface area contributed by atoms with Crippen molar-refractivity contribution >= 4 is 30.3 Å². The highest BCUT2D eigenvalue weighted by Crippen LogP contribution is 2.38. The molecule has 0 aromatic carbocycles. The van der Waals surface area contributed by atoms with E-state index in [2.05, 4.69) is 32.5 Å². The van der Waals surface area contributed by atoms with Crippen molar-refractivity contribution in [3.63, 3.8) is 0 Å². The molecule has 0 aromatic rings. The Kier molecular flexibility index (Phi) is 6.07. The predicted molar refractivity (Wildman–Crippen MR) is 77.5 cm³/mol. The van der Waals surface area contributed by atoms with E-state index >= 15 is 0 Å². The summed E-state index contributed by atoms with van der Waals surface area (Å²) in [6.45, 7) is 9.22. The molecular weight excluding hydrogens is 337 g/mol. The fraction of sp³-hybridized carbons (Fsp3) is 0.818. The van der Waals surface area contributed by atoms with Crippen LogP contribution in [0.3, 0.4) is 0 Å². The van der Waals surface area contributed by atoms with E-state index in [-0.39, 0.29) is 11.9 Å². The van der Waals surface area contributed by atoms with Crippen molar-refractivity contribution in [2.24, 2.45) is 0 Å². The number of hydrogen-bond acceptors (Lipinski definition) is 4. The third-order valence-corrected chi connectivity index (χ3v) is 3.73. The van der Waals surface area contributed by atoms with Crippen LogP contribution in [-0.4, -0.2) is 24.0 Å². The summed E-state index contributed by atoms with van der Waals surface area (Å²) in [5.74, 6) is -0.383. The predicted octanol–water partition coefficient (Wildman–Crippen LogP) is 3.45. The van der Waals surface area contributed by atoms with Crippen LogP contribution < -0.4 is 4.72 Å². The number of nitrogens with one attached hydrogen (secondary N) is 1. The summed E-state index contributed by atoms with van der Waals surface area (Å²) in [5.41, 5.74) is 0. The van der Waals surface area contributed by atoms with Gasteiger partial charge >= 0.3 is 0 Å². The largest absolute Gasteiger partial charge is 0.345 e. The van der Waals surface area contributed by atoms with Crippen LogP contribution in [-0.2, 0) is 9.47 Å². The van der Waals surface area contributed by atoms with Gasteiger partial charge in [-0.05, 0) is 42.7 Å². The number of allylic oxidation sites excluding steroid dienone is 1. The first-order valence-corrected chi connectivity index (χ1v) is 8.85. The summed E-state index contributed by atoms with van der Waals surface area (Å²) >= 11 is 2.25. The molecule has 5 heteroatoms. The Balaban J connectivity index is 0.000000386. The van der Waals surface area contributed by atoms with Crippen LogP contribution in [0.4, 0.5) is 0 Å². The Bertz CT molecular complexity index is 236. The van der Waals surface area contributed by atoms with Crippen LogP contribution in [0.1, 0.15) is 33.6 Å². The van der Waals surface area contributed by atoms with E-state index in [0.29, 0.717) is 12.1 Å². The average molecular weight is 357 g/mol. The summed E-state index contributed by atoms with van der Waals surface area (Å²) < 4.78 is 15.0. The summed E-state index contributed by atoms with van der Waals surface area (Å²) in [6.07, 6.45) is 4.57. The van der Waals surface area contributed by atoms with Crippen molar-refractivity contribution in [2.45, 2.75) is 57.6 Å². The van der Waals surface area contributed by atoms with Gasteiger partial charge in [-0.2, -0.15) is 0 Å². The molecule has 94 valence electrons. The molecule has 2 fully saturated rings. The first-order valence-electron chi connectivity index (χ1n) is 5.50. The number of ether oxygens (including phenoxy) is 2. The van der Waals surface area contributed by atoms with Gasteiger partial charge in [0.2, 0.25) is 0 Å². The quantitative estimate of drug-likeness (QED) is 0.466. The average Bonchev–Trinajstić information content (AvgIpc) is 2.65. The molecule has 2 rings (SSSR count). The number of fused-ring (bicyclic) bond motifs is 1. The van der Waals surface area contributed by atoms with E-state index in [1.807, 2.05) is 20.8 Å². The zero-order valence-electron chi connectivity index (χ0n) is 10.0. The maximum absolute atomic E-state index is 5.84. The number of rotatable bonds is 2. The normalized spacial score (nSPS) is 35.1. The van der Waals surface area contributed by atoms with Gasteiger partial charge in [-0.3, -0.25) is 0 Å². The van der Waals surface area contributed by atoms with Crippen molar-refractivity contribution < 1.29 is 9.47 Å². The molecule has 16 heavy (non-hydrogen) atoms. The maximum atomic E-state index is 5.84. The third kappa shape index (κ3) is 3.87. The number of hydrogen-bond donors (Lipinski definition) is 1. The summed E-state index contributed by atoms with van der Waals surface area (Å²) in [7, 11) is 1.63. The Labute approximate surface area is 114 Å². The lowest BCUT2D eigenvalue weighted by molar-refractivity contribution is -0.152. The molecule has 1 saturated carbocycles. The topological polar surface area (TPSA) is 30.5 Å². The minimum atomic E-state index is -0.383. The highest BCUT2D eigenvalue weighted by molar-refractivity contribution is 14.2. The van der Waals surface area contributed by atoms with Crippen LogP contribution in [0, 0.1) is 0 Å². The fourth-order valence-corrected chi connectivity index (χ4v) is 3.46. The number of halogens is 1. The molecule has 3 unspecified atom stereocenters. The van der Waals surface area contributed by atoms with Crippen molar-refractivity contribution in [3.05, 3.63) is 12.7 Å². The Morgan fingerprint density at radius 2 is 2.06 bits per heavy atom. The van der Waals surface area contributed by atoms with E-state index in [9.17, 15) is 0 Å². The molecule has 0 radical (unpaired) electrons. The second kappa shape index (κ2) is 6.58. The molecule has 0 bridgehead atoms. The standard InChI is InChI=1S/C8H14INO2S.C3H6/c1-8(2)11-6-4-3-5(10-13-9)7(6)12-8;1-3-2/h5-7,10H,3-4H2,1-2H3;3H,1H2,2H3. The third-order valence-electron chi connectivity index (χ3n) is 2.58. The van der Waals surface area contributed by atoms with Gasteiger partial charge in [0.05, 0.1) is 6.10 Å². The first-order chi connectivity index (χ1) is 7.54. The van der Waals surface area contributed by atoms with Crippen LogP contribution in [0.2, 0.25) is 0 Å². The van der Waals surface area contributed by atoms with Gasteiger partial charge in [0.15, 0.2) is 5.79 Å². The van der Waals surface area contributed by atoms with Gasteiger partial charge < -0.3 is 9.47 Å². The monoisotopic (exact) mass is 357 g/mol. The van der Waals surface area contributed by atoms with Crippen molar-refractivity contribution in [1.29, 1.82) is 0 Å². The lowest BCUT2D eigenvalue weighted by Gasteiger charge is -2.21. The Morgan fingerprint density at radius 1 is 1.44 bits per heavy atom. The van der Waals surface area contributed by atoms with Crippen molar-refractivity contribution in [1.82, 2.24) is 4.72 Å². The van der Waals surface area contributed by atoms with Gasteiger partial charge in [0.25, 0.3) is 0 Å².